The summed E-state index contributed by atoms with van der Waals surface area (Å²) in [6.45, 7) is 1.38. The van der Waals surface area contributed by atoms with E-state index in [2.05, 4.69) is 4.98 Å². The van der Waals surface area contributed by atoms with E-state index in [9.17, 15) is 18.3 Å². The molecule has 2 heterocycles. The molecule has 3 nitrogen and oxygen atoms in total. The van der Waals surface area contributed by atoms with Crippen LogP contribution in [0.3, 0.4) is 0 Å². The number of hydrogen-bond donors (Lipinski definition) is 1. The zero-order valence-electron chi connectivity index (χ0n) is 9.82. The molecule has 0 unspecified atom stereocenters. The van der Waals surface area contributed by atoms with Gasteiger partial charge in [-0.3, -0.25) is 0 Å². The van der Waals surface area contributed by atoms with E-state index in [-0.39, 0.29) is 11.4 Å². The Morgan fingerprint density at radius 2 is 1.89 bits per heavy atom. The van der Waals surface area contributed by atoms with E-state index in [0.29, 0.717) is 13.1 Å². The normalized spacial score (nSPS) is 18.8. The van der Waals surface area contributed by atoms with Crippen molar-refractivity contribution >= 4 is 5.82 Å². The monoisotopic (exact) mass is 260 g/mol. The summed E-state index contributed by atoms with van der Waals surface area (Å²) < 4.78 is 37.8. The molecule has 100 valence electrons. The van der Waals surface area contributed by atoms with Crippen LogP contribution in [0.4, 0.5) is 19.0 Å². The van der Waals surface area contributed by atoms with Crippen molar-refractivity contribution in [1.82, 2.24) is 4.98 Å². The summed E-state index contributed by atoms with van der Waals surface area (Å²) in [5.41, 5.74) is -0.160. The average molecular weight is 260 g/mol. The van der Waals surface area contributed by atoms with Crippen molar-refractivity contribution in [3.8, 4) is 0 Å². The summed E-state index contributed by atoms with van der Waals surface area (Å²) in [5.74, 6) is 0.252. The second-order valence-corrected chi connectivity index (χ2v) is 4.41. The molecule has 0 radical (unpaired) electrons. The zero-order chi connectivity index (χ0) is 13.2. The molecular weight excluding hydrogens is 245 g/mol. The number of aromatic nitrogens is 1. The van der Waals surface area contributed by atoms with E-state index in [1.165, 1.54) is 18.3 Å². The van der Waals surface area contributed by atoms with Crippen molar-refractivity contribution in [2.75, 3.05) is 18.0 Å². The molecule has 0 aliphatic carbocycles. The van der Waals surface area contributed by atoms with Crippen LogP contribution in [0.2, 0.25) is 0 Å². The van der Waals surface area contributed by atoms with Crippen LogP contribution in [0, 0.1) is 0 Å². The second-order valence-electron chi connectivity index (χ2n) is 4.41. The van der Waals surface area contributed by atoms with Gasteiger partial charge in [-0.2, -0.15) is 13.2 Å². The van der Waals surface area contributed by atoms with Gasteiger partial charge in [-0.05, 0) is 25.3 Å². The minimum absolute atomic E-state index is 0.160. The number of alkyl halides is 3. The molecule has 0 amide bonds. The van der Waals surface area contributed by atoms with Crippen LogP contribution in [0.25, 0.3) is 0 Å². The molecule has 1 aliphatic rings. The topological polar surface area (TPSA) is 36.4 Å². The first-order chi connectivity index (χ1) is 8.50. The standard InChI is InChI=1S/C12H15F3N2O/c13-12(14,15)10(18)9-5-4-6-16-11(9)17-7-2-1-3-8-17/h4-6,10,18H,1-3,7-8H2/t10-/m0/s1. The molecule has 1 aromatic heterocycles. The number of aliphatic hydroxyl groups is 1. The second kappa shape index (κ2) is 5.14. The quantitative estimate of drug-likeness (QED) is 0.888. The Labute approximate surface area is 103 Å². The summed E-state index contributed by atoms with van der Waals surface area (Å²) in [5, 5.41) is 9.38. The smallest absolute Gasteiger partial charge is 0.379 e. The van der Waals surface area contributed by atoms with Gasteiger partial charge >= 0.3 is 6.18 Å². The first-order valence-corrected chi connectivity index (χ1v) is 5.95. The van der Waals surface area contributed by atoms with Crippen molar-refractivity contribution in [3.05, 3.63) is 23.9 Å². The fourth-order valence-corrected chi connectivity index (χ4v) is 2.17. The molecule has 2 rings (SSSR count). The molecule has 1 saturated heterocycles. The van der Waals surface area contributed by atoms with Gasteiger partial charge < -0.3 is 10.0 Å². The third-order valence-electron chi connectivity index (χ3n) is 3.08. The van der Waals surface area contributed by atoms with E-state index in [0.717, 1.165) is 19.3 Å². The molecule has 1 atom stereocenters. The van der Waals surface area contributed by atoms with Crippen LogP contribution in [-0.2, 0) is 0 Å². The lowest BCUT2D eigenvalue weighted by Crippen LogP contribution is -2.32. The molecule has 0 aromatic carbocycles. The molecule has 0 spiro atoms. The maximum atomic E-state index is 12.6. The minimum atomic E-state index is -4.66. The van der Waals surface area contributed by atoms with Gasteiger partial charge in [0.1, 0.15) is 5.82 Å². The molecule has 6 heteroatoms. The maximum absolute atomic E-state index is 12.6. The predicted molar refractivity (Wildman–Crippen MR) is 61.3 cm³/mol. The Hall–Kier alpha value is -1.30. The number of aliphatic hydroxyl groups excluding tert-OH is 1. The van der Waals surface area contributed by atoms with Gasteiger partial charge in [-0.1, -0.05) is 6.07 Å². The van der Waals surface area contributed by atoms with Crippen LogP contribution < -0.4 is 4.90 Å². The van der Waals surface area contributed by atoms with Gasteiger partial charge in [-0.25, -0.2) is 4.98 Å². The van der Waals surface area contributed by atoms with Gasteiger partial charge in [0, 0.05) is 24.8 Å². The van der Waals surface area contributed by atoms with Crippen LogP contribution in [0.5, 0.6) is 0 Å². The highest BCUT2D eigenvalue weighted by Gasteiger charge is 2.41. The van der Waals surface area contributed by atoms with Crippen molar-refractivity contribution in [1.29, 1.82) is 0 Å². The highest BCUT2D eigenvalue weighted by molar-refractivity contribution is 5.48. The Bertz CT molecular complexity index is 403. The van der Waals surface area contributed by atoms with E-state index < -0.39 is 12.3 Å². The molecule has 1 aliphatic heterocycles. The maximum Gasteiger partial charge on any atom is 0.418 e. The number of halogens is 3. The Balaban J connectivity index is 2.30. The fraction of sp³-hybridized carbons (Fsp3) is 0.583. The number of hydrogen-bond acceptors (Lipinski definition) is 3. The summed E-state index contributed by atoms with van der Waals surface area (Å²) in [6, 6.07) is 2.70. The third kappa shape index (κ3) is 2.75. The summed E-state index contributed by atoms with van der Waals surface area (Å²) in [6.07, 6.45) is -2.70. The number of piperidine rings is 1. The molecule has 1 aromatic rings. The largest absolute Gasteiger partial charge is 0.418 e. The average Bonchev–Trinajstić information content (AvgIpc) is 2.38. The van der Waals surface area contributed by atoms with Gasteiger partial charge in [0.05, 0.1) is 0 Å². The van der Waals surface area contributed by atoms with Crippen molar-refractivity contribution < 1.29 is 18.3 Å². The molecule has 1 N–H and O–H groups in total. The Kier molecular flexibility index (Phi) is 3.75. The van der Waals surface area contributed by atoms with Crippen molar-refractivity contribution in [2.24, 2.45) is 0 Å². The minimum Gasteiger partial charge on any atom is -0.379 e. The number of pyridine rings is 1. The highest BCUT2D eigenvalue weighted by Crippen LogP contribution is 2.36. The van der Waals surface area contributed by atoms with E-state index >= 15 is 0 Å². The Morgan fingerprint density at radius 1 is 1.22 bits per heavy atom. The molecule has 0 saturated carbocycles. The van der Waals surface area contributed by atoms with E-state index in [1.54, 1.807) is 0 Å². The van der Waals surface area contributed by atoms with Crippen LogP contribution >= 0.6 is 0 Å². The Morgan fingerprint density at radius 3 is 2.50 bits per heavy atom. The van der Waals surface area contributed by atoms with Crippen LogP contribution in [0.1, 0.15) is 30.9 Å². The zero-order valence-corrected chi connectivity index (χ0v) is 9.82. The van der Waals surface area contributed by atoms with Crippen molar-refractivity contribution in [2.45, 2.75) is 31.5 Å². The SMILES string of the molecule is O[C@@H](c1cccnc1N1CCCCC1)C(F)(F)F. The number of rotatable bonds is 2. The molecule has 18 heavy (non-hydrogen) atoms. The lowest BCUT2D eigenvalue weighted by atomic mass is 10.1. The van der Waals surface area contributed by atoms with Crippen LogP contribution in [0.15, 0.2) is 18.3 Å². The first kappa shape index (κ1) is 13.1. The molecule has 1 fully saturated rings. The van der Waals surface area contributed by atoms with Crippen LogP contribution in [-0.4, -0.2) is 29.4 Å². The van der Waals surface area contributed by atoms with Gasteiger partial charge in [0.15, 0.2) is 6.10 Å². The number of nitrogens with zero attached hydrogens (tertiary/aromatic N) is 2. The summed E-state index contributed by atoms with van der Waals surface area (Å²) >= 11 is 0. The van der Waals surface area contributed by atoms with Gasteiger partial charge in [-0.15, -0.1) is 0 Å². The third-order valence-corrected chi connectivity index (χ3v) is 3.08. The fourth-order valence-electron chi connectivity index (χ4n) is 2.17. The summed E-state index contributed by atoms with van der Waals surface area (Å²) in [7, 11) is 0. The number of anilines is 1. The van der Waals surface area contributed by atoms with Crippen molar-refractivity contribution in [3.63, 3.8) is 0 Å². The molecular formula is C12H15F3N2O. The lowest BCUT2D eigenvalue weighted by molar-refractivity contribution is -0.206. The predicted octanol–water partition coefficient (Wildman–Crippen LogP) is 2.67. The van der Waals surface area contributed by atoms with Gasteiger partial charge in [0.2, 0.25) is 0 Å². The first-order valence-electron chi connectivity index (χ1n) is 5.95. The van der Waals surface area contributed by atoms with E-state index in [4.69, 9.17) is 0 Å². The highest BCUT2D eigenvalue weighted by atomic mass is 19.4. The molecule has 0 bridgehead atoms. The van der Waals surface area contributed by atoms with Gasteiger partial charge in [0.25, 0.3) is 0 Å². The lowest BCUT2D eigenvalue weighted by Gasteiger charge is -2.30. The summed E-state index contributed by atoms with van der Waals surface area (Å²) in [4.78, 5) is 5.82. The van der Waals surface area contributed by atoms with E-state index in [1.807, 2.05) is 4.90 Å².